The van der Waals surface area contributed by atoms with Crippen LogP contribution < -0.4 is 15.4 Å². The molecule has 0 unspecified atom stereocenters. The summed E-state index contributed by atoms with van der Waals surface area (Å²) in [4.78, 5) is 25.2. The fraction of sp³-hybridized carbons (Fsp3) is 0.542. The first kappa shape index (κ1) is 22.3. The predicted molar refractivity (Wildman–Crippen MR) is 120 cm³/mol. The number of carbonyl (C=O) groups excluding carboxylic acids is 2. The molecule has 8 nitrogen and oxygen atoms in total. The molecule has 0 radical (unpaired) electrons. The maximum absolute atomic E-state index is 12.7. The molecule has 0 saturated carbocycles. The van der Waals surface area contributed by atoms with Crippen molar-refractivity contribution in [2.45, 2.75) is 70.6 Å². The second-order valence-electron chi connectivity index (χ2n) is 8.70. The van der Waals surface area contributed by atoms with Gasteiger partial charge in [-0.3, -0.25) is 9.59 Å². The second kappa shape index (κ2) is 9.73. The minimum absolute atomic E-state index is 0.117. The molecule has 1 saturated heterocycles. The standard InChI is InChI=1S/C24H32N4O4/c1-3-12-28-21(15-17(2)27-28)26-23(30)9-8-22(29)25-19-16-24(10-13-31-14-11-24)32-20-7-5-4-6-18(19)20/h4-7,15,19H,3,8-14,16H2,1-2H3,(H,25,29)(H,26,30)/t19-/m0/s1. The zero-order chi connectivity index (χ0) is 22.6. The molecule has 2 amide bonds. The first-order chi connectivity index (χ1) is 15.5. The van der Waals surface area contributed by atoms with E-state index in [-0.39, 0.29) is 36.3 Å². The van der Waals surface area contributed by atoms with Crippen molar-refractivity contribution in [3.63, 3.8) is 0 Å². The molecule has 1 aromatic heterocycles. The lowest BCUT2D eigenvalue weighted by Crippen LogP contribution is -2.48. The number of benzene rings is 1. The molecule has 2 aliphatic rings. The summed E-state index contributed by atoms with van der Waals surface area (Å²) >= 11 is 0. The number of rotatable bonds is 7. The molecule has 2 aliphatic heterocycles. The number of hydrogen-bond acceptors (Lipinski definition) is 5. The molecule has 1 atom stereocenters. The first-order valence-electron chi connectivity index (χ1n) is 11.5. The molecule has 1 spiro atoms. The van der Waals surface area contributed by atoms with E-state index >= 15 is 0 Å². The monoisotopic (exact) mass is 440 g/mol. The lowest BCUT2D eigenvalue weighted by molar-refractivity contribution is -0.126. The molecule has 0 bridgehead atoms. The first-order valence-corrected chi connectivity index (χ1v) is 11.5. The Bertz CT molecular complexity index is 965. The van der Waals surface area contributed by atoms with E-state index in [9.17, 15) is 9.59 Å². The van der Waals surface area contributed by atoms with E-state index in [0.29, 0.717) is 25.5 Å². The van der Waals surface area contributed by atoms with Crippen LogP contribution in [0.5, 0.6) is 5.75 Å². The molecule has 1 aromatic carbocycles. The summed E-state index contributed by atoms with van der Waals surface area (Å²) in [7, 11) is 0. The Balaban J connectivity index is 1.35. The smallest absolute Gasteiger partial charge is 0.226 e. The Morgan fingerprint density at radius 2 is 1.94 bits per heavy atom. The molecule has 172 valence electrons. The van der Waals surface area contributed by atoms with Gasteiger partial charge in [0.15, 0.2) is 0 Å². The molecule has 32 heavy (non-hydrogen) atoms. The molecule has 2 aromatic rings. The fourth-order valence-corrected chi connectivity index (χ4v) is 4.52. The average Bonchev–Trinajstić information content (AvgIpc) is 3.11. The van der Waals surface area contributed by atoms with Crippen LogP contribution in [0.4, 0.5) is 5.82 Å². The number of hydrogen-bond donors (Lipinski definition) is 2. The van der Waals surface area contributed by atoms with Crippen molar-refractivity contribution in [1.29, 1.82) is 0 Å². The topological polar surface area (TPSA) is 94.5 Å². The van der Waals surface area contributed by atoms with Crippen molar-refractivity contribution in [3.8, 4) is 5.75 Å². The number of aromatic nitrogens is 2. The van der Waals surface area contributed by atoms with Crippen LogP contribution in [0.3, 0.4) is 0 Å². The number of nitrogens with one attached hydrogen (secondary N) is 2. The van der Waals surface area contributed by atoms with Crippen LogP contribution in [0.2, 0.25) is 0 Å². The van der Waals surface area contributed by atoms with Gasteiger partial charge in [-0.1, -0.05) is 25.1 Å². The molecule has 8 heteroatoms. The summed E-state index contributed by atoms with van der Waals surface area (Å²) in [5.74, 6) is 1.17. The van der Waals surface area contributed by atoms with E-state index < -0.39 is 0 Å². The minimum Gasteiger partial charge on any atom is -0.487 e. The second-order valence-corrected chi connectivity index (χ2v) is 8.70. The van der Waals surface area contributed by atoms with Crippen molar-refractivity contribution in [2.75, 3.05) is 18.5 Å². The quantitative estimate of drug-likeness (QED) is 0.687. The summed E-state index contributed by atoms with van der Waals surface area (Å²) in [5, 5.41) is 10.4. The van der Waals surface area contributed by atoms with E-state index in [1.54, 1.807) is 4.68 Å². The van der Waals surface area contributed by atoms with Crippen molar-refractivity contribution in [1.82, 2.24) is 15.1 Å². The van der Waals surface area contributed by atoms with Gasteiger partial charge >= 0.3 is 0 Å². The minimum atomic E-state index is -0.308. The highest BCUT2D eigenvalue weighted by atomic mass is 16.5. The van der Waals surface area contributed by atoms with E-state index in [1.165, 1.54) is 0 Å². The van der Waals surface area contributed by atoms with E-state index in [0.717, 1.165) is 42.8 Å². The van der Waals surface area contributed by atoms with Gasteiger partial charge in [-0.05, 0) is 19.4 Å². The van der Waals surface area contributed by atoms with Gasteiger partial charge in [0.25, 0.3) is 0 Å². The van der Waals surface area contributed by atoms with Crippen LogP contribution in [0, 0.1) is 6.92 Å². The van der Waals surface area contributed by atoms with Crippen molar-refractivity contribution in [2.24, 2.45) is 0 Å². The van der Waals surface area contributed by atoms with Crippen LogP contribution in [0.1, 0.15) is 62.7 Å². The van der Waals surface area contributed by atoms with Crippen LogP contribution in [0.15, 0.2) is 30.3 Å². The third-order valence-corrected chi connectivity index (χ3v) is 6.12. The summed E-state index contributed by atoms with van der Waals surface area (Å²) < 4.78 is 13.7. The Morgan fingerprint density at radius 1 is 1.19 bits per heavy atom. The summed E-state index contributed by atoms with van der Waals surface area (Å²) in [6.45, 7) is 6.02. The Kier molecular flexibility index (Phi) is 6.79. The van der Waals surface area contributed by atoms with E-state index in [2.05, 4.69) is 22.7 Å². The van der Waals surface area contributed by atoms with Gasteiger partial charge in [-0.2, -0.15) is 5.10 Å². The molecular formula is C24H32N4O4. The van der Waals surface area contributed by atoms with Gasteiger partial charge in [0.2, 0.25) is 11.8 Å². The number of fused-ring (bicyclic) bond motifs is 1. The lowest BCUT2D eigenvalue weighted by atomic mass is 9.82. The van der Waals surface area contributed by atoms with Crippen LogP contribution in [0.25, 0.3) is 0 Å². The number of nitrogens with zero attached hydrogens (tertiary/aromatic N) is 2. The molecule has 0 aliphatic carbocycles. The highest BCUT2D eigenvalue weighted by Gasteiger charge is 2.42. The molecule has 2 N–H and O–H groups in total. The number of carbonyl (C=O) groups is 2. The predicted octanol–water partition coefficient (Wildman–Crippen LogP) is 3.51. The van der Waals surface area contributed by atoms with Crippen molar-refractivity contribution in [3.05, 3.63) is 41.6 Å². The van der Waals surface area contributed by atoms with Crippen LogP contribution in [-0.4, -0.2) is 40.4 Å². The van der Waals surface area contributed by atoms with Gasteiger partial charge in [0.05, 0.1) is 24.9 Å². The number of ether oxygens (including phenoxy) is 2. The van der Waals surface area contributed by atoms with Gasteiger partial charge in [-0.15, -0.1) is 0 Å². The third-order valence-electron chi connectivity index (χ3n) is 6.12. The number of aryl methyl sites for hydroxylation is 2. The van der Waals surface area contributed by atoms with Gasteiger partial charge in [-0.25, -0.2) is 4.68 Å². The van der Waals surface area contributed by atoms with Gasteiger partial charge in [0.1, 0.15) is 17.2 Å². The zero-order valence-electron chi connectivity index (χ0n) is 18.9. The normalized spacial score (nSPS) is 19.1. The van der Waals surface area contributed by atoms with E-state index in [4.69, 9.17) is 9.47 Å². The summed E-state index contributed by atoms with van der Waals surface area (Å²) in [6, 6.07) is 9.57. The average molecular weight is 441 g/mol. The molecule has 4 rings (SSSR count). The SMILES string of the molecule is CCCn1nc(C)cc1NC(=O)CCC(=O)N[C@H]1CC2(CCOCC2)Oc2ccccc21. The molecule has 3 heterocycles. The molecular weight excluding hydrogens is 408 g/mol. The number of amides is 2. The summed E-state index contributed by atoms with van der Waals surface area (Å²) in [6.07, 6.45) is 3.49. The van der Waals surface area contributed by atoms with Crippen LogP contribution in [-0.2, 0) is 20.9 Å². The Hall–Kier alpha value is -2.87. The Morgan fingerprint density at radius 3 is 2.72 bits per heavy atom. The number of para-hydroxylation sites is 1. The van der Waals surface area contributed by atoms with Crippen molar-refractivity contribution >= 4 is 17.6 Å². The molecule has 1 fully saturated rings. The summed E-state index contributed by atoms with van der Waals surface area (Å²) in [5.41, 5.74) is 1.53. The lowest BCUT2D eigenvalue weighted by Gasteiger charge is -2.44. The Labute approximate surface area is 188 Å². The highest BCUT2D eigenvalue weighted by Crippen LogP contribution is 2.43. The fourth-order valence-electron chi connectivity index (χ4n) is 4.52. The highest BCUT2D eigenvalue weighted by molar-refractivity contribution is 5.92. The maximum Gasteiger partial charge on any atom is 0.226 e. The van der Waals surface area contributed by atoms with Gasteiger partial charge in [0, 0.05) is 50.3 Å². The number of anilines is 1. The zero-order valence-corrected chi connectivity index (χ0v) is 18.9. The van der Waals surface area contributed by atoms with E-state index in [1.807, 2.05) is 37.3 Å². The van der Waals surface area contributed by atoms with Crippen LogP contribution >= 0.6 is 0 Å². The van der Waals surface area contributed by atoms with Crippen molar-refractivity contribution < 1.29 is 19.1 Å². The third kappa shape index (κ3) is 5.12. The largest absolute Gasteiger partial charge is 0.487 e. The maximum atomic E-state index is 12.7. The van der Waals surface area contributed by atoms with Gasteiger partial charge < -0.3 is 20.1 Å².